The quantitative estimate of drug-likeness (QED) is 0.0951. The molecule has 0 radical (unpaired) electrons. The van der Waals surface area contributed by atoms with E-state index in [1.807, 2.05) is 222 Å². The Kier molecular flexibility index (Phi) is 16.6. The summed E-state index contributed by atoms with van der Waals surface area (Å²) in [6.07, 6.45) is -10.3. The largest absolute Gasteiger partial charge is 0.310 e. The SMILES string of the molecule is [2H]C([2H])(c1cc(-c2ccccc2)c(N2c3cc(-n4c5ccc(C([2H])([2H])C(C)(C)C)cc5c5cc(C([2H])([2H])C(C)(C)C)ccc54)ccc3B3c4ccc(-n5c6ccc(C([2H])([2H])C(C)(C)C)cc6c6cc(C([2H])([2H])C(C)(C)C)ccc65)cc4N(c4c(-c5ccccc5)cc(C([2H])([2H])C(C)(C)C)cc4-c4ccccc4)c4cc(CC(C)(C)C)cc2c43)c(-c2ccccc2)c1)C(C)(C)C. The lowest BCUT2D eigenvalue weighted by Crippen LogP contribution is -2.61. The van der Waals surface area contributed by atoms with Crippen molar-refractivity contribution in [2.24, 2.45) is 37.9 Å². The van der Waals surface area contributed by atoms with Crippen LogP contribution in [0.5, 0.6) is 0 Å². The van der Waals surface area contributed by atoms with E-state index in [1.54, 1.807) is 0 Å². The molecule has 0 atom stereocenters. The molecule has 0 unspecified atom stereocenters. The van der Waals surface area contributed by atoms with Gasteiger partial charge in [-0.3, -0.25) is 0 Å². The Bertz CT molecular complexity index is 6300. The molecule has 4 heterocycles. The van der Waals surface area contributed by atoms with Crippen LogP contribution in [-0.2, 0) is 44.7 Å². The number of hydrogen-bond donors (Lipinski definition) is 0. The Morgan fingerprint density at radius 3 is 0.763 bits per heavy atom. The average Bonchev–Trinajstić information content (AvgIpc) is 0.844. The molecule has 2 aromatic heterocycles. The number of hydrogen-bond acceptors (Lipinski definition) is 2. The number of rotatable bonds is 15. The third-order valence-electron chi connectivity index (χ3n) is 22.0. The molecule has 2 aliphatic rings. The van der Waals surface area contributed by atoms with Gasteiger partial charge in [0, 0.05) is 94.4 Å². The summed E-state index contributed by atoms with van der Waals surface area (Å²) in [6.45, 7) is 41.1. The zero-order chi connectivity index (χ0) is 93.8. The zero-order valence-corrected chi connectivity index (χ0v) is 73.0. The Morgan fingerprint density at radius 1 is 0.246 bits per heavy atom. The lowest BCUT2D eigenvalue weighted by molar-refractivity contribution is 0.411. The van der Waals surface area contributed by atoms with Gasteiger partial charge in [0.15, 0.2) is 0 Å². The van der Waals surface area contributed by atoms with E-state index in [2.05, 4.69) is 210 Å². The van der Waals surface area contributed by atoms with Crippen molar-refractivity contribution in [1.82, 2.24) is 9.13 Å². The first-order valence-corrected chi connectivity index (χ1v) is 42.3. The maximum absolute atomic E-state index is 10.4. The Hall–Kier alpha value is -10.9. The smallest absolute Gasteiger partial charge is 0.252 e. The fourth-order valence-electron chi connectivity index (χ4n) is 18.3. The van der Waals surface area contributed by atoms with E-state index in [0.717, 1.165) is 156 Å². The average molecular weight is 1560 g/mol. The molecule has 0 fully saturated rings. The molecule has 5 heteroatoms. The lowest BCUT2D eigenvalue weighted by Gasteiger charge is -2.46. The van der Waals surface area contributed by atoms with E-state index in [0.29, 0.717) is 39.8 Å². The van der Waals surface area contributed by atoms with Gasteiger partial charge in [-0.05, 0) is 269 Å². The minimum Gasteiger partial charge on any atom is -0.310 e. The summed E-state index contributed by atoms with van der Waals surface area (Å²) >= 11 is 0. The van der Waals surface area contributed by atoms with E-state index in [-0.39, 0.29) is 5.41 Å². The van der Waals surface area contributed by atoms with Crippen molar-refractivity contribution in [2.75, 3.05) is 9.80 Å². The standard InChI is InChI=1S/C113H121BN4/c1-107(2,3)66-73-42-50-96-90(54-73)91-55-74(67-108(4,5)6)43-51-97(91)115(96)84-46-48-94-100(64-84)117(105-86(80-34-26-22-27-35-80)58-77(70-111(13,14)15)59-87(105)81-36-28-23-29-37-81)102-62-79(72-113(19,20)21)63-103-104(102)114(94)95-49-47-85(116-98-52-44-75(68-109(7,8)9)56-92(98)93-57-76(45-53-99(93)116)69-110(10,11)12)65-101(95)118(103)106-88(82-38-30-24-31-39-82)60-78(71-112(16,17)18)61-89(106)83-40-32-25-33-41-83/h22-65H,66-72H2,1-21H3/i66D2,67D2,68D2,69D2,70D2,71D2. The molecule has 0 saturated carbocycles. The molecular formula is C113H121BN4. The highest BCUT2D eigenvalue weighted by molar-refractivity contribution is 7.00. The Labute approximate surface area is 722 Å². The Morgan fingerprint density at radius 2 is 0.508 bits per heavy atom. The van der Waals surface area contributed by atoms with Crippen molar-refractivity contribution in [3.8, 4) is 55.9 Å². The minimum absolute atomic E-state index is 0.324. The van der Waals surface area contributed by atoms with Gasteiger partial charge in [0.2, 0.25) is 0 Å². The normalized spacial score (nSPS) is 15.7. The predicted octanol–water partition coefficient (Wildman–Crippen LogP) is 29.8. The fourth-order valence-corrected chi connectivity index (χ4v) is 18.3. The van der Waals surface area contributed by atoms with Crippen LogP contribution in [0.3, 0.4) is 0 Å². The highest BCUT2D eigenvalue weighted by atomic mass is 15.2. The van der Waals surface area contributed by atoms with Crippen LogP contribution in [0.4, 0.5) is 34.1 Å². The molecule has 118 heavy (non-hydrogen) atoms. The molecule has 0 spiro atoms. The van der Waals surface area contributed by atoms with E-state index in [9.17, 15) is 16.4 Å². The van der Waals surface area contributed by atoms with Crippen molar-refractivity contribution >= 4 is 101 Å². The maximum Gasteiger partial charge on any atom is 0.252 e. The number of aromatic nitrogens is 2. The Balaban J connectivity index is 1.08. The second-order valence-electron chi connectivity index (χ2n) is 40.5. The predicted molar refractivity (Wildman–Crippen MR) is 513 cm³/mol. The highest BCUT2D eigenvalue weighted by Crippen LogP contribution is 2.56. The van der Waals surface area contributed by atoms with Crippen LogP contribution in [0.25, 0.3) is 99.5 Å². The summed E-state index contributed by atoms with van der Waals surface area (Å²) < 4.78 is 125. The maximum atomic E-state index is 10.4. The molecule has 4 nitrogen and oxygen atoms in total. The third-order valence-corrected chi connectivity index (χ3v) is 22.0. The minimum atomic E-state index is -1.88. The van der Waals surface area contributed by atoms with E-state index in [4.69, 9.17) is 0 Å². The van der Waals surface area contributed by atoms with Gasteiger partial charge in [0.25, 0.3) is 6.71 Å². The third kappa shape index (κ3) is 16.1. The molecule has 17 rings (SSSR count). The molecule has 13 aromatic carbocycles. The van der Waals surface area contributed by atoms with Crippen molar-refractivity contribution in [3.63, 3.8) is 0 Å². The summed E-state index contributed by atoms with van der Waals surface area (Å²) in [5, 5.41) is 3.09. The van der Waals surface area contributed by atoms with Gasteiger partial charge in [-0.25, -0.2) is 0 Å². The summed E-state index contributed by atoms with van der Waals surface area (Å²) in [6, 6.07) is 92.2. The van der Waals surface area contributed by atoms with Crippen LogP contribution < -0.4 is 26.2 Å². The van der Waals surface area contributed by atoms with Crippen LogP contribution in [0, 0.1) is 37.9 Å². The van der Waals surface area contributed by atoms with Crippen LogP contribution in [0.2, 0.25) is 0 Å². The first kappa shape index (κ1) is 66.1. The summed E-state index contributed by atoms with van der Waals surface area (Å²) in [5.41, 5.74) is 18.1. The number of fused-ring (bicyclic) bond motifs is 10. The molecule has 0 saturated heterocycles. The second kappa shape index (κ2) is 29.6. The first-order valence-electron chi connectivity index (χ1n) is 48.3. The number of anilines is 6. The van der Waals surface area contributed by atoms with Gasteiger partial charge < -0.3 is 18.9 Å². The molecule has 0 aliphatic carbocycles. The van der Waals surface area contributed by atoms with E-state index >= 15 is 0 Å². The second-order valence-corrected chi connectivity index (χ2v) is 40.5. The molecule has 2 aliphatic heterocycles. The van der Waals surface area contributed by atoms with Crippen molar-refractivity contribution in [2.45, 2.75) is 190 Å². The van der Waals surface area contributed by atoms with Gasteiger partial charge in [0.05, 0.1) is 33.4 Å². The molecule has 15 aromatic rings. The summed E-state index contributed by atoms with van der Waals surface area (Å²) in [5.74, 6) is 0. The van der Waals surface area contributed by atoms with Gasteiger partial charge in [-0.15, -0.1) is 0 Å². The molecule has 596 valence electrons. The van der Waals surface area contributed by atoms with Crippen LogP contribution in [-0.4, -0.2) is 15.8 Å². The van der Waals surface area contributed by atoms with E-state index < -0.39 is 77.4 Å². The summed E-state index contributed by atoms with van der Waals surface area (Å²) in [7, 11) is 0. The van der Waals surface area contributed by atoms with Crippen molar-refractivity contribution < 1.29 is 16.4 Å². The number of nitrogens with zero attached hydrogens (tertiary/aromatic N) is 4. The van der Waals surface area contributed by atoms with Crippen LogP contribution in [0.15, 0.2) is 267 Å². The monoisotopic (exact) mass is 1560 g/mol. The first-order chi connectivity index (χ1) is 60.5. The molecule has 0 amide bonds. The van der Waals surface area contributed by atoms with Gasteiger partial charge >= 0.3 is 0 Å². The van der Waals surface area contributed by atoms with Gasteiger partial charge in [-0.2, -0.15) is 0 Å². The lowest BCUT2D eigenvalue weighted by atomic mass is 9.33. The zero-order valence-electron chi connectivity index (χ0n) is 85.0. The topological polar surface area (TPSA) is 16.3 Å². The highest BCUT2D eigenvalue weighted by Gasteiger charge is 2.47. The van der Waals surface area contributed by atoms with Crippen molar-refractivity contribution in [1.29, 1.82) is 0 Å². The van der Waals surface area contributed by atoms with Gasteiger partial charge in [-0.1, -0.05) is 303 Å². The van der Waals surface area contributed by atoms with Crippen LogP contribution >= 0.6 is 0 Å². The van der Waals surface area contributed by atoms with Gasteiger partial charge in [0.1, 0.15) is 0 Å². The summed E-state index contributed by atoms with van der Waals surface area (Å²) in [4.78, 5) is 4.97. The molecule has 0 N–H and O–H groups in total. The van der Waals surface area contributed by atoms with Crippen molar-refractivity contribution in [3.05, 3.63) is 306 Å². The fraction of sp³-hybridized carbons (Fsp3) is 0.310. The molecule has 0 bridgehead atoms. The molecular weight excluding hydrogens is 1420 g/mol. The number of benzene rings is 13. The van der Waals surface area contributed by atoms with Crippen LogP contribution in [0.1, 0.15) is 201 Å². The van der Waals surface area contributed by atoms with E-state index in [1.165, 1.54) is 0 Å².